The number of benzene rings is 2. The molecule has 0 spiro atoms. The Balaban J connectivity index is 1.73. The zero-order valence-electron chi connectivity index (χ0n) is 14.1. The van der Waals surface area contributed by atoms with Gasteiger partial charge in [0, 0.05) is 30.3 Å². The van der Waals surface area contributed by atoms with Crippen LogP contribution in [0.15, 0.2) is 48.5 Å². The van der Waals surface area contributed by atoms with Gasteiger partial charge in [-0.2, -0.15) is 0 Å². The van der Waals surface area contributed by atoms with Crippen molar-refractivity contribution in [1.29, 1.82) is 0 Å². The number of hydrogen-bond acceptors (Lipinski definition) is 3. The number of carbonyl (C=O) groups excluding carboxylic acids is 2. The molecule has 0 aromatic heterocycles. The number of anilines is 1. The van der Waals surface area contributed by atoms with E-state index in [2.05, 4.69) is 35.5 Å². The van der Waals surface area contributed by atoms with Crippen LogP contribution in [0.1, 0.15) is 40.9 Å². The van der Waals surface area contributed by atoms with E-state index in [4.69, 9.17) is 0 Å². The summed E-state index contributed by atoms with van der Waals surface area (Å²) in [4.78, 5) is 26.2. The normalized spacial score (nSPS) is 17.2. The summed E-state index contributed by atoms with van der Waals surface area (Å²) in [5, 5.41) is 2.92. The van der Waals surface area contributed by atoms with Crippen molar-refractivity contribution in [3.8, 4) is 0 Å². The fourth-order valence-corrected chi connectivity index (χ4v) is 3.25. The van der Waals surface area contributed by atoms with Gasteiger partial charge in [-0.25, -0.2) is 0 Å². The second-order valence-electron chi connectivity index (χ2n) is 6.33. The Kier molecular flexibility index (Phi) is 4.76. The zero-order chi connectivity index (χ0) is 17.1. The number of Topliss-reactive ketones (excluding diaryl/α,β-unsaturated/α-hetero) is 1. The number of nitrogens with one attached hydrogen (secondary N) is 1. The predicted molar refractivity (Wildman–Crippen MR) is 95.2 cm³/mol. The quantitative estimate of drug-likeness (QED) is 0.877. The summed E-state index contributed by atoms with van der Waals surface area (Å²) >= 11 is 0. The molecule has 0 saturated heterocycles. The topological polar surface area (TPSA) is 49.4 Å². The average Bonchev–Trinajstić information content (AvgIpc) is 2.57. The smallest absolute Gasteiger partial charge is 0.226 e. The molecule has 0 radical (unpaired) electrons. The molecule has 1 unspecified atom stereocenters. The molecular weight excluding hydrogens is 300 g/mol. The third-order valence-electron chi connectivity index (χ3n) is 4.61. The summed E-state index contributed by atoms with van der Waals surface area (Å²) in [6, 6.07) is 15.5. The van der Waals surface area contributed by atoms with Gasteiger partial charge in [0.1, 0.15) is 0 Å². The summed E-state index contributed by atoms with van der Waals surface area (Å²) in [5.74, 6) is -0.0451. The lowest BCUT2D eigenvalue weighted by molar-refractivity contribution is -0.117. The van der Waals surface area contributed by atoms with Crippen LogP contribution in [0, 0.1) is 0 Å². The Labute approximate surface area is 142 Å². The van der Waals surface area contributed by atoms with Gasteiger partial charge in [0.15, 0.2) is 5.78 Å². The summed E-state index contributed by atoms with van der Waals surface area (Å²) < 4.78 is 0. The van der Waals surface area contributed by atoms with E-state index in [1.54, 1.807) is 18.2 Å². The number of amides is 1. The number of likely N-dealkylation sites (N-methyl/N-ethyl adjacent to an activating group) is 1. The standard InChI is InChI=1S/C20H22N2O2/c1-14(23)16-7-5-8-17(12-16)21-20(24)13-19-18-9-4-3-6-15(18)10-11-22(19)2/h3-9,12,19H,10-11,13H2,1-2H3,(H,21,24). The minimum Gasteiger partial charge on any atom is -0.326 e. The molecule has 2 aromatic carbocycles. The van der Waals surface area contributed by atoms with E-state index in [0.29, 0.717) is 17.7 Å². The van der Waals surface area contributed by atoms with Crippen LogP contribution in [-0.4, -0.2) is 30.2 Å². The summed E-state index contributed by atoms with van der Waals surface area (Å²) in [6.07, 6.45) is 1.42. The first-order valence-electron chi connectivity index (χ1n) is 8.23. The number of rotatable bonds is 4. The number of ketones is 1. The maximum absolute atomic E-state index is 12.5. The lowest BCUT2D eigenvalue weighted by Gasteiger charge is -2.34. The Morgan fingerprint density at radius 3 is 2.75 bits per heavy atom. The molecule has 2 aromatic rings. The summed E-state index contributed by atoms with van der Waals surface area (Å²) in [7, 11) is 2.06. The van der Waals surface area contributed by atoms with Crippen molar-refractivity contribution in [3.63, 3.8) is 0 Å². The van der Waals surface area contributed by atoms with Crippen molar-refractivity contribution >= 4 is 17.4 Å². The molecule has 0 saturated carbocycles. The highest BCUT2D eigenvalue weighted by Gasteiger charge is 2.26. The fourth-order valence-electron chi connectivity index (χ4n) is 3.25. The number of carbonyl (C=O) groups is 2. The van der Waals surface area contributed by atoms with E-state index >= 15 is 0 Å². The number of hydrogen-bond donors (Lipinski definition) is 1. The van der Waals surface area contributed by atoms with Gasteiger partial charge in [-0.3, -0.25) is 14.5 Å². The Morgan fingerprint density at radius 2 is 1.96 bits per heavy atom. The first-order chi connectivity index (χ1) is 11.5. The van der Waals surface area contributed by atoms with Crippen molar-refractivity contribution in [2.45, 2.75) is 25.8 Å². The van der Waals surface area contributed by atoms with Crippen molar-refractivity contribution in [3.05, 3.63) is 65.2 Å². The van der Waals surface area contributed by atoms with Crippen LogP contribution in [0.2, 0.25) is 0 Å². The molecule has 124 valence electrons. The van der Waals surface area contributed by atoms with Gasteiger partial charge in [0.2, 0.25) is 5.91 Å². The molecule has 0 bridgehead atoms. The highest BCUT2D eigenvalue weighted by Crippen LogP contribution is 2.31. The molecular formula is C20H22N2O2. The molecule has 0 fully saturated rings. The van der Waals surface area contributed by atoms with Crippen LogP contribution in [0.5, 0.6) is 0 Å². The van der Waals surface area contributed by atoms with Gasteiger partial charge in [0.25, 0.3) is 0 Å². The van der Waals surface area contributed by atoms with Crippen molar-refractivity contribution in [1.82, 2.24) is 4.90 Å². The highest BCUT2D eigenvalue weighted by atomic mass is 16.1. The molecule has 1 N–H and O–H groups in total. The Hall–Kier alpha value is -2.46. The SMILES string of the molecule is CC(=O)c1cccc(NC(=O)CC2c3ccccc3CCN2C)c1. The monoisotopic (exact) mass is 322 g/mol. The summed E-state index contributed by atoms with van der Waals surface area (Å²) in [6.45, 7) is 2.48. The van der Waals surface area contributed by atoms with Crippen LogP contribution >= 0.6 is 0 Å². The van der Waals surface area contributed by atoms with E-state index in [1.807, 2.05) is 12.1 Å². The zero-order valence-corrected chi connectivity index (χ0v) is 14.1. The first-order valence-corrected chi connectivity index (χ1v) is 8.23. The highest BCUT2D eigenvalue weighted by molar-refractivity contribution is 5.97. The van der Waals surface area contributed by atoms with Crippen molar-refractivity contribution < 1.29 is 9.59 Å². The van der Waals surface area contributed by atoms with Crippen LogP contribution < -0.4 is 5.32 Å². The maximum Gasteiger partial charge on any atom is 0.226 e. The lowest BCUT2D eigenvalue weighted by atomic mass is 9.91. The second kappa shape index (κ2) is 6.97. The molecule has 4 nitrogen and oxygen atoms in total. The van der Waals surface area contributed by atoms with E-state index in [9.17, 15) is 9.59 Å². The average molecular weight is 322 g/mol. The molecule has 1 aliphatic rings. The van der Waals surface area contributed by atoms with Gasteiger partial charge in [0.05, 0.1) is 0 Å². The van der Waals surface area contributed by atoms with Gasteiger partial charge in [-0.1, -0.05) is 36.4 Å². The minimum absolute atomic E-state index is 0.00737. The molecule has 0 aliphatic carbocycles. The fraction of sp³-hybridized carbons (Fsp3) is 0.300. The van der Waals surface area contributed by atoms with E-state index in [1.165, 1.54) is 18.1 Å². The van der Waals surface area contributed by atoms with Gasteiger partial charge in [-0.05, 0) is 43.7 Å². The molecule has 24 heavy (non-hydrogen) atoms. The van der Waals surface area contributed by atoms with Gasteiger partial charge in [-0.15, -0.1) is 0 Å². The lowest BCUT2D eigenvalue weighted by Crippen LogP contribution is -2.34. The van der Waals surface area contributed by atoms with E-state index in [0.717, 1.165) is 13.0 Å². The Morgan fingerprint density at radius 1 is 1.17 bits per heavy atom. The van der Waals surface area contributed by atoms with Crippen LogP contribution in [0.25, 0.3) is 0 Å². The molecule has 1 amide bonds. The van der Waals surface area contributed by atoms with Crippen molar-refractivity contribution in [2.75, 3.05) is 18.9 Å². The predicted octanol–water partition coefficient (Wildman–Crippen LogP) is 3.45. The van der Waals surface area contributed by atoms with Gasteiger partial charge < -0.3 is 5.32 Å². The van der Waals surface area contributed by atoms with E-state index < -0.39 is 0 Å². The first kappa shape index (κ1) is 16.4. The maximum atomic E-state index is 12.5. The number of fused-ring (bicyclic) bond motifs is 1. The molecule has 4 heteroatoms. The van der Waals surface area contributed by atoms with E-state index in [-0.39, 0.29) is 17.7 Å². The second-order valence-corrected chi connectivity index (χ2v) is 6.33. The van der Waals surface area contributed by atoms with Crippen LogP contribution in [0.4, 0.5) is 5.69 Å². The molecule has 1 heterocycles. The molecule has 1 aliphatic heterocycles. The molecule has 1 atom stereocenters. The third kappa shape index (κ3) is 3.54. The Bertz CT molecular complexity index is 770. The van der Waals surface area contributed by atoms with Crippen LogP contribution in [0.3, 0.4) is 0 Å². The third-order valence-corrected chi connectivity index (χ3v) is 4.61. The van der Waals surface area contributed by atoms with Crippen LogP contribution in [-0.2, 0) is 11.2 Å². The largest absolute Gasteiger partial charge is 0.326 e. The number of nitrogens with zero attached hydrogens (tertiary/aromatic N) is 1. The van der Waals surface area contributed by atoms with Gasteiger partial charge >= 0.3 is 0 Å². The van der Waals surface area contributed by atoms with Crippen molar-refractivity contribution in [2.24, 2.45) is 0 Å². The minimum atomic E-state index is -0.0377. The summed E-state index contributed by atoms with van der Waals surface area (Å²) in [5.41, 5.74) is 3.83. The molecule has 3 rings (SSSR count).